The fraction of sp³-hybridized carbons (Fsp3) is 0.571. The van der Waals surface area contributed by atoms with Gasteiger partial charge >= 0.3 is 5.97 Å². The lowest BCUT2D eigenvalue weighted by molar-refractivity contribution is 0.0697. The summed E-state index contributed by atoms with van der Waals surface area (Å²) in [5, 5.41) is 12.6. The number of carbonyl (C=O) groups is 1. The number of fused-ring (bicyclic) bond motifs is 1. The molecule has 1 heterocycles. The summed E-state index contributed by atoms with van der Waals surface area (Å²) < 4.78 is 0.302. The molecule has 0 radical (unpaired) electrons. The number of aromatic carboxylic acids is 1. The Morgan fingerprint density at radius 2 is 2.32 bits per heavy atom. The molecular weight excluding hydrogens is 260 g/mol. The number of thioether (sulfide) groups is 1. The van der Waals surface area contributed by atoms with Gasteiger partial charge in [0.1, 0.15) is 11.4 Å². The molecule has 0 saturated heterocycles. The first-order valence-corrected chi connectivity index (χ1v) is 7.91. The van der Waals surface area contributed by atoms with Crippen molar-refractivity contribution in [3.63, 3.8) is 0 Å². The minimum atomic E-state index is -0.890. The van der Waals surface area contributed by atoms with Crippen LogP contribution in [0.25, 0.3) is 0 Å². The highest BCUT2D eigenvalue weighted by Gasteiger charge is 2.41. The number of aromatic nitrogens is 1. The third-order valence-electron chi connectivity index (χ3n) is 4.10. The summed E-state index contributed by atoms with van der Waals surface area (Å²) in [6, 6.07) is 1.80. The van der Waals surface area contributed by atoms with Gasteiger partial charge in [0.15, 0.2) is 0 Å². The van der Waals surface area contributed by atoms with Crippen molar-refractivity contribution in [1.29, 1.82) is 0 Å². The van der Waals surface area contributed by atoms with E-state index in [1.54, 1.807) is 6.07 Å². The number of hydrogen-bond donors (Lipinski definition) is 2. The molecule has 4 nitrogen and oxygen atoms in total. The standard InChI is InChI=1S/C14H18N2O2S/c1-19-14(5-6-14)8-15-12-10(13(17)18)7-9-3-2-4-11(9)16-12/h7H,2-6,8H2,1H3,(H,15,16)(H,17,18). The van der Waals surface area contributed by atoms with Gasteiger partial charge in [-0.15, -0.1) is 0 Å². The molecule has 1 saturated carbocycles. The Bertz CT molecular complexity index is 526. The van der Waals surface area contributed by atoms with Crippen LogP contribution in [0.4, 0.5) is 5.82 Å². The first-order chi connectivity index (χ1) is 9.13. The smallest absolute Gasteiger partial charge is 0.339 e. The highest BCUT2D eigenvalue weighted by Crippen LogP contribution is 2.47. The van der Waals surface area contributed by atoms with E-state index in [4.69, 9.17) is 0 Å². The van der Waals surface area contributed by atoms with Gasteiger partial charge in [0.2, 0.25) is 0 Å². The van der Waals surface area contributed by atoms with E-state index in [0.29, 0.717) is 16.1 Å². The van der Waals surface area contributed by atoms with E-state index in [2.05, 4.69) is 16.6 Å². The SMILES string of the molecule is CSC1(CNc2nc3c(cc2C(=O)O)CCC3)CC1. The first-order valence-electron chi connectivity index (χ1n) is 6.69. The normalized spacial score (nSPS) is 19.0. The van der Waals surface area contributed by atoms with Gasteiger partial charge in [-0.1, -0.05) is 0 Å². The maximum atomic E-state index is 11.3. The second kappa shape index (κ2) is 4.71. The van der Waals surface area contributed by atoms with E-state index in [1.165, 1.54) is 12.8 Å². The number of rotatable bonds is 5. The molecule has 1 aromatic rings. The molecule has 2 N–H and O–H groups in total. The molecule has 0 atom stereocenters. The Hall–Kier alpha value is -1.23. The molecule has 2 aliphatic rings. The highest BCUT2D eigenvalue weighted by atomic mass is 32.2. The second-order valence-corrected chi connectivity index (χ2v) is 6.66. The minimum Gasteiger partial charge on any atom is -0.478 e. The average Bonchev–Trinajstić information content (AvgIpc) is 3.05. The molecule has 0 aliphatic heterocycles. The maximum Gasteiger partial charge on any atom is 0.339 e. The number of nitrogens with zero attached hydrogens (tertiary/aromatic N) is 1. The lowest BCUT2D eigenvalue weighted by atomic mass is 10.1. The van der Waals surface area contributed by atoms with Crippen LogP contribution in [0.15, 0.2) is 6.07 Å². The zero-order valence-electron chi connectivity index (χ0n) is 11.0. The Morgan fingerprint density at radius 1 is 1.53 bits per heavy atom. The van der Waals surface area contributed by atoms with Crippen LogP contribution >= 0.6 is 11.8 Å². The minimum absolute atomic E-state index is 0.302. The summed E-state index contributed by atoms with van der Waals surface area (Å²) >= 11 is 1.86. The maximum absolute atomic E-state index is 11.3. The quantitative estimate of drug-likeness (QED) is 0.866. The topological polar surface area (TPSA) is 62.2 Å². The van der Waals surface area contributed by atoms with E-state index in [9.17, 15) is 9.90 Å². The summed E-state index contributed by atoms with van der Waals surface area (Å²) in [7, 11) is 0. The van der Waals surface area contributed by atoms with Crippen molar-refractivity contribution in [3.8, 4) is 0 Å². The molecule has 102 valence electrons. The van der Waals surface area contributed by atoms with Crippen LogP contribution < -0.4 is 5.32 Å². The van der Waals surface area contributed by atoms with Gasteiger partial charge in [-0.3, -0.25) is 0 Å². The molecule has 5 heteroatoms. The van der Waals surface area contributed by atoms with Crippen LogP contribution in [-0.4, -0.2) is 33.6 Å². The van der Waals surface area contributed by atoms with Crippen molar-refractivity contribution in [2.75, 3.05) is 18.1 Å². The molecule has 0 spiro atoms. The highest BCUT2D eigenvalue weighted by molar-refractivity contribution is 8.00. The predicted molar refractivity (Wildman–Crippen MR) is 77.2 cm³/mol. The van der Waals surface area contributed by atoms with Crippen molar-refractivity contribution in [1.82, 2.24) is 4.98 Å². The van der Waals surface area contributed by atoms with Crippen molar-refractivity contribution in [2.45, 2.75) is 36.9 Å². The fourth-order valence-electron chi connectivity index (χ4n) is 2.61. The second-order valence-electron chi connectivity index (χ2n) is 5.39. The van der Waals surface area contributed by atoms with Crippen LogP contribution in [0.5, 0.6) is 0 Å². The number of carboxylic acids is 1. The van der Waals surface area contributed by atoms with Gasteiger partial charge < -0.3 is 10.4 Å². The van der Waals surface area contributed by atoms with Gasteiger partial charge in [0.05, 0.1) is 0 Å². The zero-order chi connectivity index (χ0) is 13.5. The Kier molecular flexibility index (Phi) is 3.17. The summed E-state index contributed by atoms with van der Waals surface area (Å²) in [5.74, 6) is -0.341. The molecule has 0 aromatic carbocycles. The van der Waals surface area contributed by atoms with E-state index >= 15 is 0 Å². The molecule has 1 aromatic heterocycles. The third-order valence-corrected chi connectivity index (χ3v) is 5.52. The van der Waals surface area contributed by atoms with Crippen molar-refractivity contribution in [2.24, 2.45) is 0 Å². The third kappa shape index (κ3) is 2.43. The van der Waals surface area contributed by atoms with E-state index in [-0.39, 0.29) is 0 Å². The van der Waals surface area contributed by atoms with Crippen LogP contribution in [0, 0.1) is 0 Å². The molecule has 19 heavy (non-hydrogen) atoms. The van der Waals surface area contributed by atoms with Crippen LogP contribution in [0.2, 0.25) is 0 Å². The molecule has 0 unspecified atom stereocenters. The van der Waals surface area contributed by atoms with E-state index < -0.39 is 5.97 Å². The van der Waals surface area contributed by atoms with Crippen LogP contribution in [0.3, 0.4) is 0 Å². The molecule has 1 fully saturated rings. The largest absolute Gasteiger partial charge is 0.478 e. The lowest BCUT2D eigenvalue weighted by Crippen LogP contribution is -2.20. The summed E-state index contributed by atoms with van der Waals surface area (Å²) in [4.78, 5) is 15.9. The summed E-state index contributed by atoms with van der Waals surface area (Å²) in [6.45, 7) is 0.806. The number of nitrogens with one attached hydrogen (secondary N) is 1. The molecular formula is C14H18N2O2S. The monoisotopic (exact) mass is 278 g/mol. The molecule has 0 bridgehead atoms. The van der Waals surface area contributed by atoms with E-state index in [0.717, 1.165) is 37.1 Å². The first kappa shape index (κ1) is 12.8. The predicted octanol–water partition coefficient (Wildman–Crippen LogP) is 2.58. The lowest BCUT2D eigenvalue weighted by Gasteiger charge is -2.16. The van der Waals surface area contributed by atoms with Gasteiger partial charge in [-0.25, -0.2) is 9.78 Å². The Labute approximate surface area is 117 Å². The number of aryl methyl sites for hydroxylation is 2. The number of hydrogen-bond acceptors (Lipinski definition) is 4. The molecule has 2 aliphatic carbocycles. The van der Waals surface area contributed by atoms with Crippen molar-refractivity contribution < 1.29 is 9.90 Å². The van der Waals surface area contributed by atoms with Gasteiger partial charge in [0, 0.05) is 17.0 Å². The molecule has 0 amide bonds. The average molecular weight is 278 g/mol. The van der Waals surface area contributed by atoms with Crippen LogP contribution in [-0.2, 0) is 12.8 Å². The van der Waals surface area contributed by atoms with Gasteiger partial charge in [-0.2, -0.15) is 11.8 Å². The number of pyridine rings is 1. The molecule has 3 rings (SSSR count). The van der Waals surface area contributed by atoms with Crippen molar-refractivity contribution >= 4 is 23.5 Å². The zero-order valence-corrected chi connectivity index (χ0v) is 11.8. The van der Waals surface area contributed by atoms with Crippen LogP contribution in [0.1, 0.15) is 40.9 Å². The number of carboxylic acid groups (broad SMARTS) is 1. The van der Waals surface area contributed by atoms with E-state index in [1.807, 2.05) is 11.8 Å². The van der Waals surface area contributed by atoms with Gasteiger partial charge in [0.25, 0.3) is 0 Å². The summed E-state index contributed by atoms with van der Waals surface area (Å²) in [5.41, 5.74) is 2.49. The number of anilines is 1. The van der Waals surface area contributed by atoms with Gasteiger partial charge in [-0.05, 0) is 50.0 Å². The summed E-state index contributed by atoms with van der Waals surface area (Å²) in [6.07, 6.45) is 7.53. The fourth-order valence-corrected chi connectivity index (χ4v) is 3.33. The Balaban J connectivity index is 1.84. The van der Waals surface area contributed by atoms with Crippen molar-refractivity contribution in [3.05, 3.63) is 22.9 Å². The Morgan fingerprint density at radius 3 is 2.95 bits per heavy atom.